The van der Waals surface area contributed by atoms with Crippen LogP contribution in [0, 0.1) is 5.92 Å². The highest BCUT2D eigenvalue weighted by molar-refractivity contribution is 8.01. The van der Waals surface area contributed by atoms with Gasteiger partial charge in [-0.3, -0.25) is 19.2 Å². The van der Waals surface area contributed by atoms with E-state index in [1.807, 2.05) is 6.92 Å². The molecule has 4 saturated heterocycles. The zero-order valence-electron chi connectivity index (χ0n) is 23.4. The third-order valence-electron chi connectivity index (χ3n) is 8.27. The lowest BCUT2D eigenvalue weighted by atomic mass is 9.95. The first-order valence-corrected chi connectivity index (χ1v) is 15.8. The predicted octanol–water partition coefficient (Wildman–Crippen LogP) is -0.00750. The topological polar surface area (TPSA) is 194 Å². The number of unbranched alkanes of at least 4 members (excludes halogenated alkanes) is 2. The number of hydrogen-bond donors (Lipinski definition) is 2. The lowest BCUT2D eigenvalue weighted by Crippen LogP contribution is -2.71. The number of rotatable bonds is 11. The summed E-state index contributed by atoms with van der Waals surface area (Å²) in [5, 5.41) is 10.5. The van der Waals surface area contributed by atoms with Gasteiger partial charge < -0.3 is 29.7 Å². The van der Waals surface area contributed by atoms with Crippen LogP contribution < -0.4 is 5.32 Å². The quantitative estimate of drug-likeness (QED) is 0.104. The summed E-state index contributed by atoms with van der Waals surface area (Å²) in [6, 6.07) is -3.47. The van der Waals surface area contributed by atoms with E-state index < -0.39 is 96.5 Å². The van der Waals surface area contributed by atoms with Gasteiger partial charge in [0.2, 0.25) is 24.5 Å². The lowest BCUT2D eigenvalue weighted by Gasteiger charge is -2.43. The molecule has 4 fully saturated rings. The second-order valence-corrected chi connectivity index (χ2v) is 16.1. The first-order valence-electron chi connectivity index (χ1n) is 13.4. The standard InChI is InChI=1S/C25H35N3O11S2/c1-6-7-8-9-12(18(30)26-15-19(31)28-16(21(32)33)24(2,3)40-20(15)28)22(34)38-11-39-23(35)17-25(4,5)41(36,37)14-10-13(29)27(14)17/h12,14-17,20H,6-11H2,1-5H3,(H,26,30)(H,32,33)/t12?,14-,15-,16+,17+,20-/m1/s1. The van der Waals surface area contributed by atoms with Crippen LogP contribution in [0.25, 0.3) is 0 Å². The fraction of sp³-hybridized carbons (Fsp3) is 0.760. The highest BCUT2D eigenvalue weighted by Gasteiger charge is 2.68. The number of fused-ring (bicyclic) bond motifs is 2. The molecule has 0 aromatic rings. The molecule has 1 unspecified atom stereocenters. The van der Waals surface area contributed by atoms with Gasteiger partial charge in [-0.15, -0.1) is 11.8 Å². The third kappa shape index (κ3) is 4.96. The maximum Gasteiger partial charge on any atom is 0.333 e. The van der Waals surface area contributed by atoms with E-state index in [1.54, 1.807) is 13.8 Å². The molecular formula is C25H35N3O11S2. The number of hydrogen-bond acceptors (Lipinski definition) is 11. The summed E-state index contributed by atoms with van der Waals surface area (Å²) in [5.74, 6) is -6.37. The Hall–Kier alpha value is -2.88. The Kier molecular flexibility index (Phi) is 8.14. The van der Waals surface area contributed by atoms with Gasteiger partial charge in [-0.05, 0) is 34.1 Å². The van der Waals surface area contributed by atoms with Gasteiger partial charge in [0.15, 0.2) is 9.84 Å². The minimum atomic E-state index is -3.83. The van der Waals surface area contributed by atoms with E-state index in [0.717, 1.165) is 11.3 Å². The van der Waals surface area contributed by atoms with E-state index >= 15 is 0 Å². The maximum atomic E-state index is 13.2. The van der Waals surface area contributed by atoms with Crippen LogP contribution in [0.2, 0.25) is 0 Å². The monoisotopic (exact) mass is 617 g/mol. The van der Waals surface area contributed by atoms with Crippen molar-refractivity contribution in [1.82, 2.24) is 15.1 Å². The van der Waals surface area contributed by atoms with Crippen molar-refractivity contribution >= 4 is 57.2 Å². The van der Waals surface area contributed by atoms with Crippen molar-refractivity contribution in [2.75, 3.05) is 6.79 Å². The summed E-state index contributed by atoms with van der Waals surface area (Å²) in [4.78, 5) is 77.6. The number of aliphatic carboxylic acids is 1. The van der Waals surface area contributed by atoms with E-state index in [2.05, 4.69) is 5.32 Å². The van der Waals surface area contributed by atoms with Crippen molar-refractivity contribution in [2.45, 2.75) is 105 Å². The van der Waals surface area contributed by atoms with Gasteiger partial charge in [-0.2, -0.15) is 0 Å². The second-order valence-electron chi connectivity index (χ2n) is 11.7. The Labute approximate surface area is 241 Å². The van der Waals surface area contributed by atoms with Crippen LogP contribution >= 0.6 is 11.8 Å². The van der Waals surface area contributed by atoms with E-state index in [9.17, 15) is 42.3 Å². The average molecular weight is 618 g/mol. The summed E-state index contributed by atoms with van der Waals surface area (Å²) in [5.41, 5.74) is 0. The number of esters is 2. The van der Waals surface area contributed by atoms with Crippen molar-refractivity contribution in [3.05, 3.63) is 0 Å². The molecule has 14 nitrogen and oxygen atoms in total. The molecule has 6 atom stereocenters. The first-order chi connectivity index (χ1) is 19.0. The summed E-state index contributed by atoms with van der Waals surface area (Å²) >= 11 is 1.25. The molecular weight excluding hydrogens is 582 g/mol. The molecule has 4 heterocycles. The highest BCUT2D eigenvalue weighted by Crippen LogP contribution is 2.51. The Morgan fingerprint density at radius 3 is 2.32 bits per heavy atom. The van der Waals surface area contributed by atoms with Crippen LogP contribution in [-0.4, -0.2) is 104 Å². The maximum absolute atomic E-state index is 13.2. The molecule has 228 valence electrons. The van der Waals surface area contributed by atoms with E-state index in [0.29, 0.717) is 12.8 Å². The van der Waals surface area contributed by atoms with Gasteiger partial charge in [0, 0.05) is 4.75 Å². The number of carbonyl (C=O) groups is 6. The summed E-state index contributed by atoms with van der Waals surface area (Å²) in [7, 11) is -3.83. The Morgan fingerprint density at radius 2 is 1.73 bits per heavy atom. The molecule has 0 saturated carbocycles. The van der Waals surface area contributed by atoms with E-state index in [-0.39, 0.29) is 12.8 Å². The largest absolute Gasteiger partial charge is 0.480 e. The molecule has 2 N–H and O–H groups in total. The fourth-order valence-corrected chi connectivity index (χ4v) is 9.64. The zero-order valence-corrected chi connectivity index (χ0v) is 25.1. The molecule has 0 aromatic heterocycles. The van der Waals surface area contributed by atoms with E-state index in [1.165, 1.54) is 30.5 Å². The number of carboxylic acids is 1. The molecule has 0 radical (unpaired) electrons. The Morgan fingerprint density at radius 1 is 1.07 bits per heavy atom. The van der Waals surface area contributed by atoms with Crippen LogP contribution in [0.15, 0.2) is 0 Å². The molecule has 4 rings (SSSR count). The van der Waals surface area contributed by atoms with Crippen molar-refractivity contribution in [2.24, 2.45) is 5.92 Å². The van der Waals surface area contributed by atoms with Gasteiger partial charge in [0.1, 0.15) is 34.8 Å². The molecule has 41 heavy (non-hydrogen) atoms. The molecule has 3 amide bonds. The zero-order chi connectivity index (χ0) is 30.7. The number of sulfone groups is 1. The number of carbonyl (C=O) groups excluding carboxylic acids is 5. The van der Waals surface area contributed by atoms with Crippen LogP contribution in [-0.2, 0) is 48.1 Å². The Balaban J connectivity index is 1.37. The highest BCUT2D eigenvalue weighted by atomic mass is 32.2. The number of nitrogens with one attached hydrogen (secondary N) is 1. The van der Waals surface area contributed by atoms with Crippen molar-refractivity contribution in [1.29, 1.82) is 0 Å². The minimum Gasteiger partial charge on any atom is -0.480 e. The van der Waals surface area contributed by atoms with Gasteiger partial charge in [-0.25, -0.2) is 18.0 Å². The van der Waals surface area contributed by atoms with Crippen LogP contribution in [0.5, 0.6) is 0 Å². The number of ether oxygens (including phenoxy) is 2. The lowest BCUT2D eigenvalue weighted by molar-refractivity contribution is -0.178. The van der Waals surface area contributed by atoms with Gasteiger partial charge in [-0.1, -0.05) is 26.2 Å². The minimum absolute atomic E-state index is 0.0932. The van der Waals surface area contributed by atoms with Gasteiger partial charge in [0.05, 0.1) is 11.2 Å². The van der Waals surface area contributed by atoms with Crippen LogP contribution in [0.1, 0.15) is 66.7 Å². The summed E-state index contributed by atoms with van der Waals surface area (Å²) < 4.78 is 33.1. The molecule has 0 aromatic carbocycles. The number of β-lactam (4-membered cyclic amide) rings is 2. The second kappa shape index (κ2) is 10.7. The fourth-order valence-electron chi connectivity index (χ4n) is 5.89. The van der Waals surface area contributed by atoms with E-state index in [4.69, 9.17) is 9.47 Å². The van der Waals surface area contributed by atoms with Crippen molar-refractivity contribution in [3.63, 3.8) is 0 Å². The van der Waals surface area contributed by atoms with Crippen LogP contribution in [0.3, 0.4) is 0 Å². The van der Waals surface area contributed by atoms with Crippen molar-refractivity contribution in [3.8, 4) is 0 Å². The average Bonchev–Trinajstić information content (AvgIpc) is 3.20. The number of nitrogens with zero attached hydrogens (tertiary/aromatic N) is 2. The molecule has 4 aliphatic heterocycles. The van der Waals surface area contributed by atoms with Gasteiger partial charge >= 0.3 is 17.9 Å². The number of thioether (sulfide) groups is 1. The molecule has 0 aliphatic carbocycles. The summed E-state index contributed by atoms with van der Waals surface area (Å²) in [6.45, 7) is 7.08. The summed E-state index contributed by atoms with van der Waals surface area (Å²) in [6.07, 6.45) is 1.89. The number of carboxylic acid groups (broad SMARTS) is 1. The Bertz CT molecular complexity index is 1280. The molecule has 0 bridgehead atoms. The normalized spacial score (nSPS) is 30.8. The molecule has 0 spiro atoms. The number of amides is 3. The van der Waals surface area contributed by atoms with Gasteiger partial charge in [0.25, 0.3) is 0 Å². The molecule has 4 aliphatic rings. The SMILES string of the molecule is CCCCCC(C(=O)N[C@@H]1C(=O)N2[C@@H]1SC(C)(C)[C@@H]2C(=O)O)C(=O)OCOC(=O)[C@@H]1N2C(=O)C[C@H]2S(=O)(=O)C1(C)C. The van der Waals surface area contributed by atoms with Crippen molar-refractivity contribution < 1.29 is 51.8 Å². The predicted molar refractivity (Wildman–Crippen MR) is 142 cm³/mol. The third-order valence-corrected chi connectivity index (χ3v) is 12.6. The van der Waals surface area contributed by atoms with Crippen LogP contribution in [0.4, 0.5) is 0 Å². The smallest absolute Gasteiger partial charge is 0.333 e. The molecule has 16 heteroatoms. The first kappa shape index (κ1) is 31.1.